The maximum absolute atomic E-state index is 6.57. The molecular weight excluding hydrogens is 359 g/mol. The summed E-state index contributed by atoms with van der Waals surface area (Å²) in [5, 5.41) is 1.66. The molecule has 0 amide bonds. The number of likely N-dealkylation sites (N-methyl/N-ethyl adjacent to an activating group) is 1. The summed E-state index contributed by atoms with van der Waals surface area (Å²) < 4.78 is 0. The Morgan fingerprint density at radius 1 is 1.04 bits per heavy atom. The van der Waals surface area contributed by atoms with E-state index in [9.17, 15) is 0 Å². The van der Waals surface area contributed by atoms with Crippen molar-refractivity contribution in [3.63, 3.8) is 0 Å². The zero-order valence-corrected chi connectivity index (χ0v) is 16.0. The van der Waals surface area contributed by atoms with Gasteiger partial charge in [-0.15, -0.1) is 0 Å². The Morgan fingerprint density at radius 2 is 1.83 bits per heavy atom. The molecule has 1 atom stereocenters. The number of piperazine rings is 1. The average molecular weight is 379 g/mol. The van der Waals surface area contributed by atoms with Gasteiger partial charge in [0.25, 0.3) is 0 Å². The smallest absolute Gasteiger partial charge is 0.0548 e. The second kappa shape index (κ2) is 6.89. The fourth-order valence-electron chi connectivity index (χ4n) is 3.59. The molecule has 0 spiro atoms. The highest BCUT2D eigenvalue weighted by molar-refractivity contribution is 7.99. The van der Waals surface area contributed by atoms with Crippen LogP contribution in [0.5, 0.6) is 0 Å². The number of halogens is 2. The number of fused-ring (bicyclic) bond motifs is 2. The van der Waals surface area contributed by atoms with Crippen LogP contribution >= 0.6 is 35.0 Å². The topological polar surface area (TPSA) is 6.48 Å². The Balaban J connectivity index is 1.78. The fourth-order valence-corrected chi connectivity index (χ4v) is 5.20. The van der Waals surface area contributed by atoms with Crippen molar-refractivity contribution in [3.8, 4) is 0 Å². The van der Waals surface area contributed by atoms with E-state index in [-0.39, 0.29) is 0 Å². The Hall–Kier alpha value is -0.710. The van der Waals surface area contributed by atoms with E-state index >= 15 is 0 Å². The van der Waals surface area contributed by atoms with Gasteiger partial charge in [0.05, 0.1) is 5.02 Å². The van der Waals surface area contributed by atoms with Gasteiger partial charge in [-0.2, -0.15) is 0 Å². The summed E-state index contributed by atoms with van der Waals surface area (Å²) in [6, 6.07) is 12.9. The van der Waals surface area contributed by atoms with Crippen LogP contribution in [0, 0.1) is 0 Å². The first-order valence-electron chi connectivity index (χ1n) is 8.29. The molecule has 2 nitrogen and oxygen atoms in total. The zero-order valence-electron chi connectivity index (χ0n) is 13.6. The van der Waals surface area contributed by atoms with Crippen LogP contribution in [-0.2, 0) is 6.42 Å². The molecule has 2 aliphatic rings. The molecule has 0 aliphatic carbocycles. The lowest BCUT2D eigenvalue weighted by Crippen LogP contribution is -2.46. The molecule has 1 saturated heterocycles. The molecule has 0 bridgehead atoms. The lowest BCUT2D eigenvalue weighted by atomic mass is 9.96. The van der Waals surface area contributed by atoms with Gasteiger partial charge in [-0.25, -0.2) is 0 Å². The molecule has 2 heterocycles. The Morgan fingerprint density at radius 3 is 2.62 bits per heavy atom. The fraction of sp³-hybridized carbons (Fsp3) is 0.368. The summed E-state index contributed by atoms with van der Waals surface area (Å²) >= 11 is 14.6. The summed E-state index contributed by atoms with van der Waals surface area (Å²) in [5.74, 6) is 0. The minimum absolute atomic E-state index is 0.361. The van der Waals surface area contributed by atoms with E-state index in [1.807, 2.05) is 12.1 Å². The van der Waals surface area contributed by atoms with Crippen LogP contribution in [-0.4, -0.2) is 43.0 Å². The molecule has 2 aromatic carbocycles. The quantitative estimate of drug-likeness (QED) is 0.689. The highest BCUT2D eigenvalue weighted by atomic mass is 35.5. The van der Waals surface area contributed by atoms with E-state index in [1.54, 1.807) is 11.8 Å². The molecule has 5 heteroatoms. The van der Waals surface area contributed by atoms with Gasteiger partial charge in [0.2, 0.25) is 0 Å². The molecule has 0 radical (unpaired) electrons. The third kappa shape index (κ3) is 3.21. The number of hydrogen-bond acceptors (Lipinski definition) is 3. The summed E-state index contributed by atoms with van der Waals surface area (Å²) in [6.07, 6.45) is 0.986. The van der Waals surface area contributed by atoms with E-state index in [0.29, 0.717) is 6.04 Å². The first-order valence-corrected chi connectivity index (χ1v) is 9.86. The van der Waals surface area contributed by atoms with Crippen molar-refractivity contribution in [3.05, 3.63) is 57.6 Å². The summed E-state index contributed by atoms with van der Waals surface area (Å²) in [5.41, 5.74) is 2.67. The number of benzene rings is 2. The molecule has 126 valence electrons. The van der Waals surface area contributed by atoms with E-state index in [2.05, 4.69) is 41.1 Å². The molecule has 0 N–H and O–H groups in total. The van der Waals surface area contributed by atoms with Gasteiger partial charge in [0.1, 0.15) is 0 Å². The Kier molecular flexibility index (Phi) is 4.81. The zero-order chi connectivity index (χ0) is 16.7. The first kappa shape index (κ1) is 16.7. The third-order valence-corrected chi connectivity index (χ3v) is 6.92. The van der Waals surface area contributed by atoms with Crippen LogP contribution in [0.1, 0.15) is 17.2 Å². The van der Waals surface area contributed by atoms with Crippen LogP contribution in [0.15, 0.2) is 46.2 Å². The Bertz CT molecular complexity index is 757. The summed E-state index contributed by atoms with van der Waals surface area (Å²) in [4.78, 5) is 7.46. The molecule has 2 aliphatic heterocycles. The third-order valence-electron chi connectivity index (χ3n) is 4.98. The van der Waals surface area contributed by atoms with E-state index < -0.39 is 0 Å². The van der Waals surface area contributed by atoms with Gasteiger partial charge >= 0.3 is 0 Å². The molecule has 0 aromatic heterocycles. The largest absolute Gasteiger partial charge is 0.304 e. The molecule has 0 unspecified atom stereocenters. The van der Waals surface area contributed by atoms with Crippen molar-refractivity contribution in [2.75, 3.05) is 33.2 Å². The molecule has 2 aromatic rings. The van der Waals surface area contributed by atoms with E-state index in [1.165, 1.54) is 20.9 Å². The number of nitrogens with zero attached hydrogens (tertiary/aromatic N) is 2. The highest BCUT2D eigenvalue weighted by Gasteiger charge is 2.30. The maximum Gasteiger partial charge on any atom is 0.0548 e. The van der Waals surface area contributed by atoms with Crippen LogP contribution < -0.4 is 0 Å². The molecule has 0 saturated carbocycles. The van der Waals surface area contributed by atoms with Gasteiger partial charge in [0.15, 0.2) is 0 Å². The van der Waals surface area contributed by atoms with Gasteiger partial charge in [0, 0.05) is 47.0 Å². The SMILES string of the molecule is CN1CCN([C@@H]2Cc3cc(Cl)ccc3Sc3c(Cl)cccc32)CC1. The summed E-state index contributed by atoms with van der Waals surface area (Å²) in [6.45, 7) is 4.41. The van der Waals surface area contributed by atoms with Gasteiger partial charge < -0.3 is 4.90 Å². The van der Waals surface area contributed by atoms with Gasteiger partial charge in [-0.1, -0.05) is 47.1 Å². The van der Waals surface area contributed by atoms with Crippen LogP contribution in [0.25, 0.3) is 0 Å². The number of hydrogen-bond donors (Lipinski definition) is 0. The van der Waals surface area contributed by atoms with Crippen LogP contribution in [0.3, 0.4) is 0 Å². The van der Waals surface area contributed by atoms with Crippen molar-refractivity contribution >= 4 is 35.0 Å². The second-order valence-electron chi connectivity index (χ2n) is 6.57. The van der Waals surface area contributed by atoms with E-state index in [4.69, 9.17) is 23.2 Å². The monoisotopic (exact) mass is 378 g/mol. The normalized spacial score (nSPS) is 21.9. The van der Waals surface area contributed by atoms with Gasteiger partial charge in [-0.3, -0.25) is 4.90 Å². The summed E-state index contributed by atoms with van der Waals surface area (Å²) in [7, 11) is 2.19. The highest BCUT2D eigenvalue weighted by Crippen LogP contribution is 2.46. The van der Waals surface area contributed by atoms with Crippen molar-refractivity contribution in [1.82, 2.24) is 9.80 Å². The minimum Gasteiger partial charge on any atom is -0.304 e. The lowest BCUT2D eigenvalue weighted by Gasteiger charge is -2.38. The predicted octanol–water partition coefficient (Wildman–Crippen LogP) is 4.99. The number of rotatable bonds is 1. The molecule has 4 rings (SSSR count). The van der Waals surface area contributed by atoms with Crippen molar-refractivity contribution < 1.29 is 0 Å². The van der Waals surface area contributed by atoms with Crippen molar-refractivity contribution in [2.24, 2.45) is 0 Å². The van der Waals surface area contributed by atoms with Crippen LogP contribution in [0.2, 0.25) is 10.0 Å². The first-order chi connectivity index (χ1) is 11.6. The molecule has 1 fully saturated rings. The van der Waals surface area contributed by atoms with Gasteiger partial charge in [-0.05, 0) is 48.9 Å². The standard InChI is InChI=1S/C19H20Cl2N2S/c1-22-7-9-23(10-8-22)17-12-13-11-14(20)5-6-18(13)24-19-15(17)3-2-4-16(19)21/h2-6,11,17H,7-10,12H2,1H3/t17-/m1/s1. The minimum atomic E-state index is 0.361. The van der Waals surface area contributed by atoms with Crippen molar-refractivity contribution in [1.29, 1.82) is 0 Å². The second-order valence-corrected chi connectivity index (χ2v) is 8.47. The van der Waals surface area contributed by atoms with Crippen molar-refractivity contribution in [2.45, 2.75) is 22.3 Å². The Labute approximate surface area is 157 Å². The maximum atomic E-state index is 6.57. The van der Waals surface area contributed by atoms with Crippen LogP contribution in [0.4, 0.5) is 0 Å². The molecular formula is C19H20Cl2N2S. The average Bonchev–Trinajstić information content (AvgIpc) is 2.73. The predicted molar refractivity (Wildman–Crippen MR) is 103 cm³/mol. The molecule has 24 heavy (non-hydrogen) atoms. The lowest BCUT2D eigenvalue weighted by molar-refractivity contribution is 0.110. The van der Waals surface area contributed by atoms with E-state index in [0.717, 1.165) is 42.6 Å².